The number of nitrogens with zero attached hydrogens (tertiary/aromatic N) is 1. The number of imide groups is 1. The fourth-order valence-electron chi connectivity index (χ4n) is 2.74. The summed E-state index contributed by atoms with van der Waals surface area (Å²) in [5.41, 5.74) is 0.155. The molecule has 0 spiro atoms. The van der Waals surface area contributed by atoms with Crippen LogP contribution in [0.15, 0.2) is 48.5 Å². The van der Waals surface area contributed by atoms with Crippen molar-refractivity contribution in [1.82, 2.24) is 10.2 Å². The molecule has 1 heterocycles. The van der Waals surface area contributed by atoms with E-state index < -0.39 is 11.6 Å². The Balaban J connectivity index is 1.88. The van der Waals surface area contributed by atoms with E-state index in [2.05, 4.69) is 5.32 Å². The zero-order valence-corrected chi connectivity index (χ0v) is 13.4. The zero-order chi connectivity index (χ0) is 17.3. The Labute approximate surface area is 139 Å². The molecule has 1 aliphatic heterocycles. The molecule has 2 aromatic carbocycles. The van der Waals surface area contributed by atoms with Gasteiger partial charge in [0.1, 0.15) is 17.1 Å². The predicted molar refractivity (Wildman–Crippen MR) is 85.8 cm³/mol. The van der Waals surface area contributed by atoms with E-state index in [4.69, 9.17) is 4.74 Å². The van der Waals surface area contributed by atoms with Crippen molar-refractivity contribution >= 4 is 11.9 Å². The third kappa shape index (κ3) is 2.71. The summed E-state index contributed by atoms with van der Waals surface area (Å²) in [6, 6.07) is 12.3. The maximum Gasteiger partial charge on any atom is 0.325 e. The van der Waals surface area contributed by atoms with Gasteiger partial charge in [-0.05, 0) is 42.3 Å². The second kappa shape index (κ2) is 5.96. The molecule has 124 valence electrons. The van der Waals surface area contributed by atoms with Gasteiger partial charge in [-0.15, -0.1) is 0 Å². The molecule has 0 unspecified atom stereocenters. The van der Waals surface area contributed by atoms with Gasteiger partial charge < -0.3 is 10.1 Å². The van der Waals surface area contributed by atoms with Crippen LogP contribution in [0, 0.1) is 5.82 Å². The summed E-state index contributed by atoms with van der Waals surface area (Å²) in [5.74, 6) is -0.116. The SMILES string of the molecule is COc1cccc([C@@]2(C)NC(=O)N(Cc3ccc(F)cc3)C2=O)c1. The normalized spacial score (nSPS) is 20.2. The quantitative estimate of drug-likeness (QED) is 0.878. The van der Waals surface area contributed by atoms with Crippen LogP contribution in [-0.2, 0) is 16.9 Å². The van der Waals surface area contributed by atoms with Gasteiger partial charge in [0.05, 0.1) is 13.7 Å². The summed E-state index contributed by atoms with van der Waals surface area (Å²) < 4.78 is 18.2. The van der Waals surface area contributed by atoms with Crippen LogP contribution in [0.3, 0.4) is 0 Å². The number of rotatable bonds is 4. The molecule has 5 nitrogen and oxygen atoms in total. The van der Waals surface area contributed by atoms with Crippen molar-refractivity contribution in [2.75, 3.05) is 7.11 Å². The second-order valence-corrected chi connectivity index (χ2v) is 5.80. The first-order valence-corrected chi connectivity index (χ1v) is 7.47. The maximum atomic E-state index is 13.0. The topological polar surface area (TPSA) is 58.6 Å². The van der Waals surface area contributed by atoms with Crippen molar-refractivity contribution in [3.05, 3.63) is 65.5 Å². The summed E-state index contributed by atoms with van der Waals surface area (Å²) >= 11 is 0. The average Bonchev–Trinajstić information content (AvgIpc) is 2.81. The number of nitrogens with one attached hydrogen (secondary N) is 1. The Morgan fingerprint density at radius 3 is 2.54 bits per heavy atom. The third-order valence-corrected chi connectivity index (χ3v) is 4.18. The molecule has 1 fully saturated rings. The summed E-state index contributed by atoms with van der Waals surface area (Å²) in [4.78, 5) is 26.3. The van der Waals surface area contributed by atoms with E-state index in [0.29, 0.717) is 16.9 Å². The fourth-order valence-corrected chi connectivity index (χ4v) is 2.74. The van der Waals surface area contributed by atoms with Crippen LogP contribution in [0.2, 0.25) is 0 Å². The lowest BCUT2D eigenvalue weighted by Crippen LogP contribution is -2.40. The smallest absolute Gasteiger partial charge is 0.325 e. The lowest BCUT2D eigenvalue weighted by Gasteiger charge is -2.22. The van der Waals surface area contributed by atoms with Gasteiger partial charge in [-0.2, -0.15) is 0 Å². The second-order valence-electron chi connectivity index (χ2n) is 5.80. The molecule has 2 aromatic rings. The Hall–Kier alpha value is -2.89. The Bertz CT molecular complexity index is 791. The maximum absolute atomic E-state index is 13.0. The molecule has 1 N–H and O–H groups in total. The van der Waals surface area contributed by atoms with Crippen molar-refractivity contribution in [2.24, 2.45) is 0 Å². The minimum atomic E-state index is -1.16. The molecule has 0 bridgehead atoms. The molecule has 3 amide bonds. The highest BCUT2D eigenvalue weighted by Crippen LogP contribution is 2.31. The number of carbonyl (C=O) groups is 2. The number of amides is 3. The largest absolute Gasteiger partial charge is 0.497 e. The highest BCUT2D eigenvalue weighted by Gasteiger charge is 2.49. The average molecular weight is 328 g/mol. The van der Waals surface area contributed by atoms with Crippen molar-refractivity contribution in [3.63, 3.8) is 0 Å². The number of hydrogen-bond donors (Lipinski definition) is 1. The minimum absolute atomic E-state index is 0.0878. The van der Waals surface area contributed by atoms with E-state index in [0.717, 1.165) is 4.90 Å². The summed E-state index contributed by atoms with van der Waals surface area (Å²) in [7, 11) is 1.54. The first-order chi connectivity index (χ1) is 11.4. The van der Waals surface area contributed by atoms with Crippen molar-refractivity contribution in [2.45, 2.75) is 19.0 Å². The summed E-state index contributed by atoms with van der Waals surface area (Å²) in [5, 5.41) is 2.74. The molecular weight excluding hydrogens is 311 g/mol. The van der Waals surface area contributed by atoms with E-state index in [1.807, 2.05) is 0 Å². The highest BCUT2D eigenvalue weighted by atomic mass is 19.1. The van der Waals surface area contributed by atoms with Gasteiger partial charge in [0, 0.05) is 0 Å². The van der Waals surface area contributed by atoms with Gasteiger partial charge in [-0.25, -0.2) is 9.18 Å². The highest BCUT2D eigenvalue weighted by molar-refractivity contribution is 6.07. The van der Waals surface area contributed by atoms with Gasteiger partial charge in [0.25, 0.3) is 5.91 Å². The molecule has 6 heteroatoms. The Kier molecular flexibility index (Phi) is 3.97. The van der Waals surface area contributed by atoms with Gasteiger partial charge in [0.2, 0.25) is 0 Å². The summed E-state index contributed by atoms with van der Waals surface area (Å²) in [6.07, 6.45) is 0. The van der Waals surface area contributed by atoms with Crippen LogP contribution in [0.5, 0.6) is 5.75 Å². The summed E-state index contributed by atoms with van der Waals surface area (Å²) in [6.45, 7) is 1.75. The van der Waals surface area contributed by atoms with Gasteiger partial charge in [-0.1, -0.05) is 24.3 Å². The first kappa shape index (κ1) is 16.0. The molecule has 3 rings (SSSR count). The van der Waals surface area contributed by atoms with Crippen molar-refractivity contribution in [1.29, 1.82) is 0 Å². The molecular formula is C18H17FN2O3. The van der Waals surface area contributed by atoms with Crippen LogP contribution < -0.4 is 10.1 Å². The molecule has 0 aromatic heterocycles. The van der Waals surface area contributed by atoms with E-state index >= 15 is 0 Å². The molecule has 0 saturated carbocycles. The van der Waals surface area contributed by atoms with E-state index in [9.17, 15) is 14.0 Å². The molecule has 1 saturated heterocycles. The number of halogens is 1. The van der Waals surface area contributed by atoms with E-state index in [1.165, 1.54) is 19.2 Å². The predicted octanol–water partition coefficient (Wildman–Crippen LogP) is 2.80. The van der Waals surface area contributed by atoms with Gasteiger partial charge in [0.15, 0.2) is 0 Å². The number of methoxy groups -OCH3 is 1. The van der Waals surface area contributed by atoms with E-state index in [-0.39, 0.29) is 18.3 Å². The van der Waals surface area contributed by atoms with Crippen LogP contribution in [0.4, 0.5) is 9.18 Å². The number of benzene rings is 2. The number of urea groups is 1. The molecule has 0 radical (unpaired) electrons. The number of carbonyl (C=O) groups excluding carboxylic acids is 2. The van der Waals surface area contributed by atoms with Crippen LogP contribution in [0.1, 0.15) is 18.1 Å². The molecule has 1 aliphatic rings. The lowest BCUT2D eigenvalue weighted by molar-refractivity contribution is -0.131. The molecule has 1 atom stereocenters. The number of hydrogen-bond acceptors (Lipinski definition) is 3. The van der Waals surface area contributed by atoms with Gasteiger partial charge in [-0.3, -0.25) is 9.69 Å². The Morgan fingerprint density at radius 1 is 1.17 bits per heavy atom. The van der Waals surface area contributed by atoms with Crippen molar-refractivity contribution < 1.29 is 18.7 Å². The standard InChI is InChI=1S/C18H17FN2O3/c1-18(13-4-3-5-15(10-13)24-2)16(22)21(17(23)20-18)11-12-6-8-14(19)9-7-12/h3-10H,11H2,1-2H3,(H,20,23)/t18-/m1/s1. The number of ether oxygens (including phenoxy) is 1. The third-order valence-electron chi connectivity index (χ3n) is 4.18. The van der Waals surface area contributed by atoms with Crippen LogP contribution in [-0.4, -0.2) is 23.9 Å². The zero-order valence-electron chi connectivity index (χ0n) is 13.4. The van der Waals surface area contributed by atoms with Crippen LogP contribution >= 0.6 is 0 Å². The lowest BCUT2D eigenvalue weighted by atomic mass is 9.92. The van der Waals surface area contributed by atoms with Crippen LogP contribution in [0.25, 0.3) is 0 Å². The fraction of sp³-hybridized carbons (Fsp3) is 0.222. The molecule has 24 heavy (non-hydrogen) atoms. The van der Waals surface area contributed by atoms with E-state index in [1.54, 1.807) is 43.3 Å². The Morgan fingerprint density at radius 2 is 1.88 bits per heavy atom. The van der Waals surface area contributed by atoms with Crippen molar-refractivity contribution in [3.8, 4) is 5.75 Å². The monoisotopic (exact) mass is 328 g/mol. The molecule has 0 aliphatic carbocycles. The minimum Gasteiger partial charge on any atom is -0.497 e. The first-order valence-electron chi connectivity index (χ1n) is 7.47. The van der Waals surface area contributed by atoms with Gasteiger partial charge >= 0.3 is 6.03 Å².